The van der Waals surface area contributed by atoms with Crippen LogP contribution in [-0.2, 0) is 4.74 Å². The van der Waals surface area contributed by atoms with Crippen molar-refractivity contribution in [3.8, 4) is 0 Å². The number of rotatable bonds is 5. The van der Waals surface area contributed by atoms with E-state index in [0.717, 1.165) is 25.6 Å². The maximum absolute atomic E-state index is 5.81. The Morgan fingerprint density at radius 3 is 2.67 bits per heavy atom. The first kappa shape index (κ1) is 13.0. The standard InChI is InChI=1S/C13H27NO/c1-5-12(4)6-7-13-10-14(11(2)3)8-9-15-13/h11-13H,5-10H2,1-4H3/t12-,13-/m0/s1. The molecule has 0 aromatic rings. The van der Waals surface area contributed by atoms with Crippen molar-refractivity contribution < 1.29 is 4.74 Å². The highest BCUT2D eigenvalue weighted by atomic mass is 16.5. The van der Waals surface area contributed by atoms with Crippen molar-refractivity contribution in [3.63, 3.8) is 0 Å². The van der Waals surface area contributed by atoms with E-state index in [-0.39, 0.29) is 0 Å². The highest BCUT2D eigenvalue weighted by molar-refractivity contribution is 4.74. The molecule has 0 aromatic carbocycles. The van der Waals surface area contributed by atoms with Crippen LogP contribution in [0.1, 0.15) is 47.0 Å². The summed E-state index contributed by atoms with van der Waals surface area (Å²) in [5.41, 5.74) is 0. The quantitative estimate of drug-likeness (QED) is 0.696. The van der Waals surface area contributed by atoms with Gasteiger partial charge in [-0.05, 0) is 32.6 Å². The molecule has 1 fully saturated rings. The van der Waals surface area contributed by atoms with Gasteiger partial charge in [0.15, 0.2) is 0 Å². The number of ether oxygens (including phenoxy) is 1. The zero-order valence-electron chi connectivity index (χ0n) is 10.8. The van der Waals surface area contributed by atoms with Gasteiger partial charge in [-0.3, -0.25) is 4.90 Å². The second kappa shape index (κ2) is 6.49. The topological polar surface area (TPSA) is 12.5 Å². The SMILES string of the molecule is CC[C@H](C)CC[C@H]1CN(C(C)C)CCO1. The van der Waals surface area contributed by atoms with E-state index in [0.29, 0.717) is 12.1 Å². The van der Waals surface area contributed by atoms with Gasteiger partial charge in [0.2, 0.25) is 0 Å². The minimum Gasteiger partial charge on any atom is -0.376 e. The molecule has 1 heterocycles. The van der Waals surface area contributed by atoms with Crippen LogP contribution >= 0.6 is 0 Å². The Morgan fingerprint density at radius 1 is 1.33 bits per heavy atom. The van der Waals surface area contributed by atoms with E-state index >= 15 is 0 Å². The van der Waals surface area contributed by atoms with E-state index in [1.54, 1.807) is 0 Å². The lowest BCUT2D eigenvalue weighted by Crippen LogP contribution is -2.45. The highest BCUT2D eigenvalue weighted by Gasteiger charge is 2.22. The Labute approximate surface area is 95.0 Å². The fourth-order valence-electron chi connectivity index (χ4n) is 2.06. The Bertz CT molecular complexity index is 170. The molecule has 0 aliphatic carbocycles. The molecular formula is C13H27NO. The van der Waals surface area contributed by atoms with Gasteiger partial charge in [-0.15, -0.1) is 0 Å². The monoisotopic (exact) mass is 213 g/mol. The van der Waals surface area contributed by atoms with Gasteiger partial charge in [-0.25, -0.2) is 0 Å². The fraction of sp³-hybridized carbons (Fsp3) is 1.00. The van der Waals surface area contributed by atoms with E-state index in [2.05, 4.69) is 32.6 Å². The summed E-state index contributed by atoms with van der Waals surface area (Å²) in [5.74, 6) is 0.850. The molecule has 0 N–H and O–H groups in total. The first-order chi connectivity index (χ1) is 7.13. The van der Waals surface area contributed by atoms with Gasteiger partial charge in [0.1, 0.15) is 0 Å². The smallest absolute Gasteiger partial charge is 0.0702 e. The second-order valence-corrected chi connectivity index (χ2v) is 5.17. The normalized spacial score (nSPS) is 25.8. The Morgan fingerprint density at radius 2 is 2.07 bits per heavy atom. The molecule has 0 radical (unpaired) electrons. The molecule has 90 valence electrons. The predicted octanol–water partition coefficient (Wildman–Crippen LogP) is 2.92. The lowest BCUT2D eigenvalue weighted by molar-refractivity contribution is -0.0439. The van der Waals surface area contributed by atoms with Crippen molar-refractivity contribution in [3.05, 3.63) is 0 Å². The van der Waals surface area contributed by atoms with Gasteiger partial charge >= 0.3 is 0 Å². The Balaban J connectivity index is 2.24. The molecule has 1 aliphatic rings. The summed E-state index contributed by atoms with van der Waals surface area (Å²) in [4.78, 5) is 2.53. The molecule has 1 aliphatic heterocycles. The van der Waals surface area contributed by atoms with Crippen molar-refractivity contribution in [1.29, 1.82) is 0 Å². The first-order valence-electron chi connectivity index (χ1n) is 6.49. The summed E-state index contributed by atoms with van der Waals surface area (Å²) in [6, 6.07) is 0.667. The van der Waals surface area contributed by atoms with Crippen molar-refractivity contribution >= 4 is 0 Å². The zero-order valence-corrected chi connectivity index (χ0v) is 10.8. The fourth-order valence-corrected chi connectivity index (χ4v) is 2.06. The first-order valence-corrected chi connectivity index (χ1v) is 6.49. The van der Waals surface area contributed by atoms with E-state index in [1.807, 2.05) is 0 Å². The van der Waals surface area contributed by atoms with E-state index in [4.69, 9.17) is 4.74 Å². The second-order valence-electron chi connectivity index (χ2n) is 5.17. The lowest BCUT2D eigenvalue weighted by Gasteiger charge is -2.35. The number of hydrogen-bond acceptors (Lipinski definition) is 2. The number of morpholine rings is 1. The lowest BCUT2D eigenvalue weighted by atomic mass is 9.99. The Kier molecular flexibility index (Phi) is 5.62. The molecule has 0 bridgehead atoms. The maximum atomic E-state index is 5.81. The van der Waals surface area contributed by atoms with Crippen LogP contribution < -0.4 is 0 Å². The molecule has 1 rings (SSSR count). The van der Waals surface area contributed by atoms with Crippen LogP contribution in [0, 0.1) is 5.92 Å². The third-order valence-electron chi connectivity index (χ3n) is 3.58. The number of nitrogens with zero attached hydrogens (tertiary/aromatic N) is 1. The zero-order chi connectivity index (χ0) is 11.3. The summed E-state index contributed by atoms with van der Waals surface area (Å²) in [5, 5.41) is 0. The Hall–Kier alpha value is -0.0800. The van der Waals surface area contributed by atoms with Gasteiger partial charge in [-0.2, -0.15) is 0 Å². The van der Waals surface area contributed by atoms with Gasteiger partial charge < -0.3 is 4.74 Å². The van der Waals surface area contributed by atoms with Gasteiger partial charge in [0.05, 0.1) is 12.7 Å². The van der Waals surface area contributed by atoms with Gasteiger partial charge in [-0.1, -0.05) is 20.3 Å². The van der Waals surface area contributed by atoms with Crippen molar-refractivity contribution in [2.75, 3.05) is 19.7 Å². The minimum atomic E-state index is 0.482. The van der Waals surface area contributed by atoms with Crippen LogP contribution in [0.15, 0.2) is 0 Å². The van der Waals surface area contributed by atoms with Gasteiger partial charge in [0, 0.05) is 19.1 Å². The molecule has 2 heteroatoms. The molecule has 0 spiro atoms. The minimum absolute atomic E-state index is 0.482. The summed E-state index contributed by atoms with van der Waals surface area (Å²) in [6.07, 6.45) is 4.32. The van der Waals surface area contributed by atoms with E-state index in [1.165, 1.54) is 19.3 Å². The van der Waals surface area contributed by atoms with Crippen molar-refractivity contribution in [2.45, 2.75) is 59.1 Å². The average molecular weight is 213 g/mol. The van der Waals surface area contributed by atoms with E-state index in [9.17, 15) is 0 Å². The number of hydrogen-bond donors (Lipinski definition) is 0. The molecule has 0 saturated carbocycles. The molecule has 2 atom stereocenters. The van der Waals surface area contributed by atoms with Gasteiger partial charge in [0.25, 0.3) is 0 Å². The van der Waals surface area contributed by atoms with Crippen LogP contribution in [0.5, 0.6) is 0 Å². The third kappa shape index (κ3) is 4.52. The molecule has 0 aromatic heterocycles. The van der Waals surface area contributed by atoms with Crippen LogP contribution in [0.4, 0.5) is 0 Å². The summed E-state index contributed by atoms with van der Waals surface area (Å²) in [7, 11) is 0. The molecule has 2 nitrogen and oxygen atoms in total. The molecule has 1 saturated heterocycles. The van der Waals surface area contributed by atoms with Crippen molar-refractivity contribution in [1.82, 2.24) is 4.90 Å². The average Bonchev–Trinajstić information content (AvgIpc) is 2.26. The van der Waals surface area contributed by atoms with E-state index < -0.39 is 0 Å². The predicted molar refractivity (Wildman–Crippen MR) is 65.1 cm³/mol. The summed E-state index contributed by atoms with van der Waals surface area (Å²) in [6.45, 7) is 12.3. The highest BCUT2D eigenvalue weighted by Crippen LogP contribution is 2.17. The molecule has 0 amide bonds. The largest absolute Gasteiger partial charge is 0.376 e. The van der Waals surface area contributed by atoms with Crippen molar-refractivity contribution in [2.24, 2.45) is 5.92 Å². The molecule has 15 heavy (non-hydrogen) atoms. The van der Waals surface area contributed by atoms with Crippen LogP contribution in [0.3, 0.4) is 0 Å². The van der Waals surface area contributed by atoms with Crippen LogP contribution in [-0.4, -0.2) is 36.7 Å². The molecule has 0 unspecified atom stereocenters. The van der Waals surface area contributed by atoms with Crippen LogP contribution in [0.2, 0.25) is 0 Å². The summed E-state index contributed by atoms with van der Waals surface area (Å²) < 4.78 is 5.81. The summed E-state index contributed by atoms with van der Waals surface area (Å²) >= 11 is 0. The molecular weight excluding hydrogens is 186 g/mol. The maximum Gasteiger partial charge on any atom is 0.0702 e. The van der Waals surface area contributed by atoms with Crippen LogP contribution in [0.25, 0.3) is 0 Å². The third-order valence-corrected chi connectivity index (χ3v) is 3.58.